The third kappa shape index (κ3) is 2.29. The predicted molar refractivity (Wildman–Crippen MR) is 92.2 cm³/mol. The van der Waals surface area contributed by atoms with Crippen LogP contribution in [-0.2, 0) is 4.79 Å². The molecule has 6 rings (SSSR count). The number of carbonyl (C=O) groups excluding carboxylic acids is 1. The molecule has 1 aromatic carbocycles. The lowest BCUT2D eigenvalue weighted by molar-refractivity contribution is -0.124. The van der Waals surface area contributed by atoms with E-state index in [1.54, 1.807) is 0 Å². The topological polar surface area (TPSA) is 44.9 Å². The second-order valence-corrected chi connectivity index (χ2v) is 8.39. The Morgan fingerprint density at radius 1 is 1.09 bits per heavy atom. The van der Waals surface area contributed by atoms with Crippen LogP contribution in [0.5, 0.6) is 0 Å². The minimum Gasteiger partial charge on any atom is -0.361 e. The molecule has 0 radical (unpaired) electrons. The summed E-state index contributed by atoms with van der Waals surface area (Å²) < 4.78 is 0. The molecule has 3 heteroatoms. The summed E-state index contributed by atoms with van der Waals surface area (Å²) >= 11 is 0. The number of carbonyl (C=O) groups is 1. The highest BCUT2D eigenvalue weighted by molar-refractivity contribution is 6.01. The second-order valence-electron chi connectivity index (χ2n) is 8.39. The van der Waals surface area contributed by atoms with E-state index in [1.807, 2.05) is 30.5 Å². The van der Waals surface area contributed by atoms with Gasteiger partial charge in [0.05, 0.1) is 5.69 Å². The number of fused-ring (bicyclic) bond motifs is 1. The molecule has 4 aliphatic rings. The fraction of sp³-hybridized carbons (Fsp3) is 0.550. The third-order valence-electron chi connectivity index (χ3n) is 6.57. The van der Waals surface area contributed by atoms with Crippen LogP contribution in [0.4, 0.5) is 5.69 Å². The Labute approximate surface area is 136 Å². The molecular weight excluding hydrogens is 284 g/mol. The van der Waals surface area contributed by atoms with E-state index in [-0.39, 0.29) is 5.91 Å². The summed E-state index contributed by atoms with van der Waals surface area (Å²) in [5.74, 6) is 2.92. The van der Waals surface area contributed by atoms with Crippen LogP contribution in [0.3, 0.4) is 0 Å². The van der Waals surface area contributed by atoms with Crippen molar-refractivity contribution in [1.29, 1.82) is 0 Å². The minimum atomic E-state index is 0.209. The van der Waals surface area contributed by atoms with E-state index in [9.17, 15) is 4.79 Å². The van der Waals surface area contributed by atoms with Gasteiger partial charge in [-0.15, -0.1) is 0 Å². The van der Waals surface area contributed by atoms with Crippen molar-refractivity contribution in [2.75, 3.05) is 5.32 Å². The maximum Gasteiger partial charge on any atom is 0.224 e. The number of amides is 1. The molecule has 23 heavy (non-hydrogen) atoms. The fourth-order valence-electron chi connectivity index (χ4n) is 6.24. The molecule has 1 heterocycles. The van der Waals surface area contributed by atoms with Gasteiger partial charge < -0.3 is 10.3 Å². The average molecular weight is 308 g/mol. The maximum absolute atomic E-state index is 12.7. The van der Waals surface area contributed by atoms with Crippen molar-refractivity contribution in [3.63, 3.8) is 0 Å². The van der Waals surface area contributed by atoms with Gasteiger partial charge in [-0.3, -0.25) is 4.79 Å². The first-order valence-corrected chi connectivity index (χ1v) is 9.05. The predicted octanol–water partition coefficient (Wildman–Crippen LogP) is 4.71. The monoisotopic (exact) mass is 308 g/mol. The van der Waals surface area contributed by atoms with Gasteiger partial charge in [0.15, 0.2) is 0 Å². The second kappa shape index (κ2) is 4.86. The third-order valence-corrected chi connectivity index (χ3v) is 6.57. The largest absolute Gasteiger partial charge is 0.361 e. The molecular formula is C20H24N2O. The van der Waals surface area contributed by atoms with Crippen LogP contribution in [-0.4, -0.2) is 10.9 Å². The maximum atomic E-state index is 12.7. The first kappa shape index (κ1) is 13.6. The van der Waals surface area contributed by atoms with Gasteiger partial charge in [-0.25, -0.2) is 0 Å². The number of hydrogen-bond acceptors (Lipinski definition) is 1. The first-order valence-electron chi connectivity index (χ1n) is 9.05. The number of aromatic amines is 1. The number of anilines is 1. The van der Waals surface area contributed by atoms with Crippen molar-refractivity contribution in [3.8, 4) is 0 Å². The van der Waals surface area contributed by atoms with Gasteiger partial charge in [0, 0.05) is 23.5 Å². The zero-order chi connectivity index (χ0) is 15.4. The van der Waals surface area contributed by atoms with Crippen LogP contribution < -0.4 is 5.32 Å². The molecule has 3 nitrogen and oxygen atoms in total. The van der Waals surface area contributed by atoms with E-state index in [2.05, 4.69) is 10.3 Å². The Balaban J connectivity index is 1.35. The van der Waals surface area contributed by atoms with Gasteiger partial charge in [-0.05, 0) is 79.9 Å². The SMILES string of the molecule is O=C(CC12CC3CC(CC(C3)C1)C2)Nc1cccc2[nH]ccc12. The van der Waals surface area contributed by atoms with Crippen LogP contribution in [0.15, 0.2) is 30.5 Å². The highest BCUT2D eigenvalue weighted by Crippen LogP contribution is 2.61. The van der Waals surface area contributed by atoms with E-state index in [1.165, 1.54) is 38.5 Å². The zero-order valence-corrected chi connectivity index (χ0v) is 13.5. The molecule has 2 aromatic rings. The Morgan fingerprint density at radius 3 is 2.48 bits per heavy atom. The fourth-order valence-corrected chi connectivity index (χ4v) is 6.24. The summed E-state index contributed by atoms with van der Waals surface area (Å²) in [7, 11) is 0. The Hall–Kier alpha value is -1.77. The normalized spacial score (nSPS) is 34.9. The standard InChI is InChI=1S/C20H24N2O/c23-19(22-18-3-1-2-17-16(18)4-5-21-17)12-20-9-13-6-14(10-20)8-15(7-13)11-20/h1-5,13-15,21H,6-12H2,(H,22,23). The summed E-state index contributed by atoms with van der Waals surface area (Å²) in [6.45, 7) is 0. The molecule has 120 valence electrons. The Morgan fingerprint density at radius 2 is 1.78 bits per heavy atom. The number of nitrogens with one attached hydrogen (secondary N) is 2. The van der Waals surface area contributed by atoms with Gasteiger partial charge in [0.2, 0.25) is 5.91 Å². The summed E-state index contributed by atoms with van der Waals surface area (Å²) in [6, 6.07) is 8.09. The quantitative estimate of drug-likeness (QED) is 0.847. The Kier molecular flexibility index (Phi) is 2.88. The summed E-state index contributed by atoms with van der Waals surface area (Å²) in [5.41, 5.74) is 2.33. The van der Waals surface area contributed by atoms with E-state index >= 15 is 0 Å². The van der Waals surface area contributed by atoms with Gasteiger partial charge in [0.1, 0.15) is 0 Å². The summed E-state index contributed by atoms with van der Waals surface area (Å²) in [4.78, 5) is 15.9. The van der Waals surface area contributed by atoms with Crippen molar-refractivity contribution in [2.24, 2.45) is 23.2 Å². The number of aromatic nitrogens is 1. The summed E-state index contributed by atoms with van der Waals surface area (Å²) in [5, 5.41) is 4.29. The number of rotatable bonds is 3. The molecule has 0 aliphatic heterocycles. The lowest BCUT2D eigenvalue weighted by Gasteiger charge is -2.56. The molecule has 0 atom stereocenters. The molecule has 0 unspecified atom stereocenters. The molecule has 1 amide bonds. The zero-order valence-electron chi connectivity index (χ0n) is 13.5. The van der Waals surface area contributed by atoms with E-state index in [0.717, 1.165) is 40.8 Å². The van der Waals surface area contributed by atoms with Crippen molar-refractivity contribution in [3.05, 3.63) is 30.5 Å². The van der Waals surface area contributed by atoms with Gasteiger partial charge in [-0.1, -0.05) is 6.07 Å². The first-order chi connectivity index (χ1) is 11.2. The van der Waals surface area contributed by atoms with Crippen LogP contribution in [0.1, 0.15) is 44.9 Å². The molecule has 4 saturated carbocycles. The highest BCUT2D eigenvalue weighted by Gasteiger charge is 2.51. The lowest BCUT2D eigenvalue weighted by atomic mass is 9.49. The van der Waals surface area contributed by atoms with Crippen LogP contribution in [0, 0.1) is 23.2 Å². The molecule has 4 bridgehead atoms. The van der Waals surface area contributed by atoms with E-state index < -0.39 is 0 Å². The lowest BCUT2D eigenvalue weighted by Crippen LogP contribution is -2.47. The molecule has 4 fully saturated rings. The number of H-pyrrole nitrogens is 1. The molecule has 4 aliphatic carbocycles. The van der Waals surface area contributed by atoms with E-state index in [4.69, 9.17) is 0 Å². The van der Waals surface area contributed by atoms with Crippen molar-refractivity contribution >= 4 is 22.5 Å². The molecule has 0 spiro atoms. The molecule has 2 N–H and O–H groups in total. The van der Waals surface area contributed by atoms with Crippen molar-refractivity contribution in [2.45, 2.75) is 44.9 Å². The minimum absolute atomic E-state index is 0.209. The van der Waals surface area contributed by atoms with Crippen molar-refractivity contribution < 1.29 is 4.79 Å². The smallest absolute Gasteiger partial charge is 0.224 e. The van der Waals surface area contributed by atoms with Crippen LogP contribution in [0.2, 0.25) is 0 Å². The van der Waals surface area contributed by atoms with Crippen molar-refractivity contribution in [1.82, 2.24) is 4.98 Å². The average Bonchev–Trinajstić information content (AvgIpc) is 2.94. The van der Waals surface area contributed by atoms with Gasteiger partial charge in [0.25, 0.3) is 0 Å². The number of benzene rings is 1. The van der Waals surface area contributed by atoms with Crippen LogP contribution in [0.25, 0.3) is 10.9 Å². The Bertz CT molecular complexity index is 725. The summed E-state index contributed by atoms with van der Waals surface area (Å²) in [6.07, 6.45) is 10.8. The molecule has 1 aromatic heterocycles. The van der Waals surface area contributed by atoms with Gasteiger partial charge in [-0.2, -0.15) is 0 Å². The number of hydrogen-bond donors (Lipinski definition) is 2. The van der Waals surface area contributed by atoms with Crippen LogP contribution >= 0.6 is 0 Å². The van der Waals surface area contributed by atoms with Gasteiger partial charge >= 0.3 is 0 Å². The van der Waals surface area contributed by atoms with E-state index in [0.29, 0.717) is 5.41 Å². The highest BCUT2D eigenvalue weighted by atomic mass is 16.1. The molecule has 0 saturated heterocycles.